The predicted octanol–water partition coefficient (Wildman–Crippen LogP) is 1.78. The average molecular weight is 264 g/mol. The Bertz CT molecular complexity index is 420. The summed E-state index contributed by atoms with van der Waals surface area (Å²) >= 11 is 0. The Morgan fingerprint density at radius 3 is 2.37 bits per heavy atom. The first-order valence-corrected chi connectivity index (χ1v) is 6.33. The van der Waals surface area contributed by atoms with Crippen molar-refractivity contribution in [1.82, 2.24) is 10.6 Å². The summed E-state index contributed by atoms with van der Waals surface area (Å²) in [5, 5.41) is 13.8. The van der Waals surface area contributed by atoms with Crippen LogP contribution in [-0.4, -0.2) is 29.2 Å². The highest BCUT2D eigenvalue weighted by atomic mass is 16.4. The van der Waals surface area contributed by atoms with Gasteiger partial charge in [-0.2, -0.15) is 0 Å². The number of carboxylic acid groups (broad SMARTS) is 1. The number of benzene rings is 1. The molecule has 0 aromatic heterocycles. The maximum Gasteiger partial charge on any atom is 0.325 e. The zero-order valence-electron chi connectivity index (χ0n) is 11.2. The van der Waals surface area contributed by atoms with Gasteiger partial charge in [0.1, 0.15) is 6.04 Å². The van der Waals surface area contributed by atoms with Gasteiger partial charge in [-0.3, -0.25) is 4.79 Å². The number of aryl methyl sites for hydroxylation is 1. The van der Waals surface area contributed by atoms with Gasteiger partial charge in [-0.05, 0) is 32.3 Å². The number of urea groups is 1. The fraction of sp³-hybridized carbons (Fsp3) is 0.429. The van der Waals surface area contributed by atoms with E-state index in [1.165, 1.54) is 12.5 Å². The minimum absolute atomic E-state index is 0.0128. The van der Waals surface area contributed by atoms with Crippen LogP contribution in [0.5, 0.6) is 0 Å². The van der Waals surface area contributed by atoms with Gasteiger partial charge >= 0.3 is 12.0 Å². The first-order chi connectivity index (χ1) is 8.99. The Kier molecular flexibility index (Phi) is 5.85. The molecule has 0 saturated carbocycles. The molecule has 5 heteroatoms. The Hall–Kier alpha value is -2.04. The zero-order valence-corrected chi connectivity index (χ0v) is 11.2. The third kappa shape index (κ3) is 5.90. The summed E-state index contributed by atoms with van der Waals surface area (Å²) in [5.74, 6) is -1.05. The van der Waals surface area contributed by atoms with E-state index in [-0.39, 0.29) is 6.04 Å². The molecule has 0 aliphatic rings. The number of amides is 2. The van der Waals surface area contributed by atoms with Crippen molar-refractivity contribution in [3.05, 3.63) is 35.9 Å². The molecular weight excluding hydrogens is 244 g/mol. The van der Waals surface area contributed by atoms with Gasteiger partial charge in [-0.15, -0.1) is 0 Å². The maximum absolute atomic E-state index is 11.5. The number of carboxylic acids is 1. The van der Waals surface area contributed by atoms with Crippen molar-refractivity contribution in [2.45, 2.75) is 38.8 Å². The molecule has 0 heterocycles. The number of aliphatic carboxylic acids is 1. The molecule has 1 aromatic rings. The van der Waals surface area contributed by atoms with E-state index >= 15 is 0 Å². The zero-order chi connectivity index (χ0) is 14.3. The third-order valence-corrected chi connectivity index (χ3v) is 2.80. The lowest BCUT2D eigenvalue weighted by Gasteiger charge is -2.16. The molecule has 0 aliphatic heterocycles. The van der Waals surface area contributed by atoms with Crippen molar-refractivity contribution in [2.75, 3.05) is 0 Å². The lowest BCUT2D eigenvalue weighted by Crippen LogP contribution is -2.47. The fourth-order valence-electron chi connectivity index (χ4n) is 1.62. The molecule has 0 aliphatic carbocycles. The first-order valence-electron chi connectivity index (χ1n) is 6.33. The van der Waals surface area contributed by atoms with E-state index in [1.54, 1.807) is 0 Å². The summed E-state index contributed by atoms with van der Waals surface area (Å²) in [6.07, 6.45) is 1.68. The van der Waals surface area contributed by atoms with E-state index in [0.29, 0.717) is 0 Å². The lowest BCUT2D eigenvalue weighted by molar-refractivity contribution is -0.138. The van der Waals surface area contributed by atoms with Crippen molar-refractivity contribution in [2.24, 2.45) is 0 Å². The molecular formula is C14H20N2O3. The highest BCUT2D eigenvalue weighted by molar-refractivity contribution is 5.82. The molecule has 1 aromatic carbocycles. The third-order valence-electron chi connectivity index (χ3n) is 2.80. The average Bonchev–Trinajstić information content (AvgIpc) is 2.37. The Morgan fingerprint density at radius 2 is 1.79 bits per heavy atom. The van der Waals surface area contributed by atoms with Gasteiger partial charge in [0.25, 0.3) is 0 Å². The van der Waals surface area contributed by atoms with E-state index in [9.17, 15) is 9.59 Å². The molecule has 104 valence electrons. The van der Waals surface area contributed by atoms with Gasteiger partial charge in [0, 0.05) is 6.04 Å². The van der Waals surface area contributed by atoms with Gasteiger partial charge in [-0.1, -0.05) is 30.3 Å². The molecule has 2 amide bonds. The molecule has 3 N–H and O–H groups in total. The van der Waals surface area contributed by atoms with Gasteiger partial charge in [-0.25, -0.2) is 4.79 Å². The van der Waals surface area contributed by atoms with Crippen LogP contribution in [0.1, 0.15) is 25.8 Å². The van der Waals surface area contributed by atoms with Crippen molar-refractivity contribution >= 4 is 12.0 Å². The van der Waals surface area contributed by atoms with Gasteiger partial charge in [0.05, 0.1) is 0 Å². The Morgan fingerprint density at radius 1 is 1.16 bits per heavy atom. The van der Waals surface area contributed by atoms with E-state index in [4.69, 9.17) is 5.11 Å². The summed E-state index contributed by atoms with van der Waals surface area (Å²) in [6, 6.07) is 8.66. The topological polar surface area (TPSA) is 78.4 Å². The van der Waals surface area contributed by atoms with Crippen LogP contribution < -0.4 is 10.6 Å². The van der Waals surface area contributed by atoms with Gasteiger partial charge < -0.3 is 15.7 Å². The van der Waals surface area contributed by atoms with Crippen LogP contribution in [0.25, 0.3) is 0 Å². The molecule has 1 unspecified atom stereocenters. The molecule has 0 spiro atoms. The first kappa shape index (κ1) is 15.0. The molecule has 1 rings (SSSR count). The minimum Gasteiger partial charge on any atom is -0.480 e. The number of hydrogen-bond acceptors (Lipinski definition) is 2. The summed E-state index contributed by atoms with van der Waals surface area (Å²) < 4.78 is 0. The van der Waals surface area contributed by atoms with Crippen LogP contribution in [0, 0.1) is 0 Å². The predicted molar refractivity (Wildman–Crippen MR) is 73.0 cm³/mol. The van der Waals surface area contributed by atoms with Crippen molar-refractivity contribution in [1.29, 1.82) is 0 Å². The van der Waals surface area contributed by atoms with E-state index in [0.717, 1.165) is 12.8 Å². The van der Waals surface area contributed by atoms with Crippen LogP contribution in [-0.2, 0) is 11.2 Å². The molecule has 0 fully saturated rings. The molecule has 0 radical (unpaired) electrons. The second-order valence-electron chi connectivity index (χ2n) is 4.60. The van der Waals surface area contributed by atoms with Crippen LogP contribution >= 0.6 is 0 Å². The van der Waals surface area contributed by atoms with Crippen molar-refractivity contribution in [3.8, 4) is 0 Å². The lowest BCUT2D eigenvalue weighted by atomic mass is 10.1. The van der Waals surface area contributed by atoms with Gasteiger partial charge in [0.2, 0.25) is 0 Å². The summed E-state index contributed by atoms with van der Waals surface area (Å²) in [4.78, 5) is 22.1. The van der Waals surface area contributed by atoms with E-state index < -0.39 is 18.0 Å². The Labute approximate surface area is 113 Å². The number of carbonyl (C=O) groups is 2. The summed E-state index contributed by atoms with van der Waals surface area (Å²) in [7, 11) is 0. The second-order valence-corrected chi connectivity index (χ2v) is 4.60. The monoisotopic (exact) mass is 264 g/mol. The van der Waals surface area contributed by atoms with Crippen molar-refractivity contribution < 1.29 is 14.7 Å². The number of nitrogens with one attached hydrogen (secondary N) is 2. The van der Waals surface area contributed by atoms with Crippen LogP contribution in [0.4, 0.5) is 4.79 Å². The molecule has 19 heavy (non-hydrogen) atoms. The highest BCUT2D eigenvalue weighted by Gasteiger charge is 2.14. The van der Waals surface area contributed by atoms with Gasteiger partial charge in [0.15, 0.2) is 0 Å². The SMILES string of the molecule is CC(CCc1ccccc1)NC(=O)N[C@H](C)C(=O)O. The normalized spacial score (nSPS) is 13.4. The van der Waals surface area contributed by atoms with Crippen LogP contribution in [0.3, 0.4) is 0 Å². The molecule has 5 nitrogen and oxygen atoms in total. The number of rotatable bonds is 6. The van der Waals surface area contributed by atoms with Crippen LogP contribution in [0.2, 0.25) is 0 Å². The molecule has 0 saturated heterocycles. The fourth-order valence-corrected chi connectivity index (χ4v) is 1.62. The largest absolute Gasteiger partial charge is 0.480 e. The summed E-state index contributed by atoms with van der Waals surface area (Å²) in [6.45, 7) is 3.32. The second kappa shape index (κ2) is 7.41. The quantitative estimate of drug-likeness (QED) is 0.733. The number of hydrogen-bond donors (Lipinski definition) is 3. The van der Waals surface area contributed by atoms with E-state index in [2.05, 4.69) is 10.6 Å². The Balaban J connectivity index is 2.29. The van der Waals surface area contributed by atoms with E-state index in [1.807, 2.05) is 37.3 Å². The summed E-state index contributed by atoms with van der Waals surface area (Å²) in [5.41, 5.74) is 1.22. The standard InChI is InChI=1S/C14H20N2O3/c1-10(8-9-12-6-4-3-5-7-12)15-14(19)16-11(2)13(17)18/h3-7,10-11H,8-9H2,1-2H3,(H,17,18)(H2,15,16,19)/t10?,11-/m1/s1. The maximum atomic E-state index is 11.5. The molecule has 0 bridgehead atoms. The van der Waals surface area contributed by atoms with Crippen LogP contribution in [0.15, 0.2) is 30.3 Å². The number of carbonyl (C=O) groups excluding carboxylic acids is 1. The smallest absolute Gasteiger partial charge is 0.325 e. The van der Waals surface area contributed by atoms with Crippen molar-refractivity contribution in [3.63, 3.8) is 0 Å². The molecule has 2 atom stereocenters. The highest BCUT2D eigenvalue weighted by Crippen LogP contribution is 2.04. The minimum atomic E-state index is -1.05.